The van der Waals surface area contributed by atoms with E-state index in [0.717, 1.165) is 0 Å². The Hall–Kier alpha value is -0.870. The van der Waals surface area contributed by atoms with Gasteiger partial charge in [-0.15, -0.1) is 0 Å². The Labute approximate surface area is 107 Å². The van der Waals surface area contributed by atoms with Crippen molar-refractivity contribution in [2.75, 3.05) is 0 Å². The first-order valence-corrected chi connectivity index (χ1v) is 5.63. The zero-order chi connectivity index (χ0) is 17.3. The molecule has 0 spiro atoms. The van der Waals surface area contributed by atoms with Gasteiger partial charge < -0.3 is 0 Å². The van der Waals surface area contributed by atoms with Gasteiger partial charge in [-0.05, 0) is 0 Å². The Balaban J connectivity index is 3.71. The van der Waals surface area contributed by atoms with E-state index in [4.69, 9.17) is 4.55 Å². The van der Waals surface area contributed by atoms with E-state index in [-0.39, 0.29) is 0 Å². The molecule has 0 unspecified atom stereocenters. The van der Waals surface area contributed by atoms with Crippen molar-refractivity contribution < 1.29 is 61.6 Å². The summed E-state index contributed by atoms with van der Waals surface area (Å²) in [5.41, 5.74) is 0. The normalized spacial score (nSPS) is 28.3. The fraction of sp³-hybridized carbons (Fsp3) is 1.00. The molecule has 1 heterocycles. The lowest BCUT2D eigenvalue weighted by Crippen LogP contribution is -2.78. The summed E-state index contributed by atoms with van der Waals surface area (Å²) in [6, 6.07) is -13.8. The van der Waals surface area contributed by atoms with Gasteiger partial charge in [0.15, 0.2) is 0 Å². The second-order valence-corrected chi connectivity index (χ2v) is 4.96. The minimum atomic E-state index is -7.23. The summed E-state index contributed by atoms with van der Waals surface area (Å²) in [7, 11) is -7.23. The third-order valence-corrected chi connectivity index (χ3v) is 2.89. The van der Waals surface area contributed by atoms with E-state index < -0.39 is 44.7 Å². The number of rotatable bonds is 2. The smallest absolute Gasteiger partial charge is 0.280 e. The molecule has 1 N–H and O–H groups in total. The Morgan fingerprint density at radius 2 is 1.14 bits per heavy atom. The highest BCUT2D eigenvalue weighted by Gasteiger charge is 2.88. The van der Waals surface area contributed by atoms with E-state index in [1.54, 1.807) is 0 Å². The van der Waals surface area contributed by atoms with Crippen molar-refractivity contribution in [3.8, 4) is 0 Å². The van der Waals surface area contributed by atoms with Gasteiger partial charge in [-0.2, -0.15) is 52.3 Å². The van der Waals surface area contributed by atoms with Gasteiger partial charge in [0.25, 0.3) is 0 Å². The molecule has 16 heteroatoms. The third-order valence-electron chi connectivity index (χ3n) is 2.09. The third kappa shape index (κ3) is 2.23. The standard InChI is InChI=1S/C5HF10NO4S/c6-1(7)3(10,11)20-4(12,13)2(8,9)16(1)5(14,15)21(17,18)19/h(H,17,18,19). The minimum absolute atomic E-state index is 1.81. The lowest BCUT2D eigenvalue weighted by Gasteiger charge is -2.48. The molecular weight excluding hydrogens is 360 g/mol. The predicted molar refractivity (Wildman–Crippen MR) is 39.2 cm³/mol. The molecule has 0 bridgehead atoms. The van der Waals surface area contributed by atoms with Crippen molar-refractivity contribution in [2.24, 2.45) is 0 Å². The van der Waals surface area contributed by atoms with Crippen LogP contribution in [0.15, 0.2) is 0 Å². The number of ether oxygens (including phenoxy) is 1. The van der Waals surface area contributed by atoms with Gasteiger partial charge in [0.2, 0.25) is 0 Å². The Morgan fingerprint density at radius 3 is 1.38 bits per heavy atom. The Morgan fingerprint density at radius 1 is 0.857 bits per heavy atom. The molecule has 1 aliphatic rings. The molecule has 1 rings (SSSR count). The number of hydrogen-bond donors (Lipinski definition) is 1. The molecule has 1 aliphatic heterocycles. The Bertz CT molecular complexity index is 518. The molecule has 0 saturated carbocycles. The molecule has 126 valence electrons. The van der Waals surface area contributed by atoms with Crippen LogP contribution in [0, 0.1) is 0 Å². The van der Waals surface area contributed by atoms with Crippen LogP contribution in [0.25, 0.3) is 0 Å². The molecule has 0 aromatic rings. The van der Waals surface area contributed by atoms with E-state index in [9.17, 15) is 52.3 Å². The summed E-state index contributed by atoms with van der Waals surface area (Å²) in [5.74, 6) is 0. The number of halogens is 10. The summed E-state index contributed by atoms with van der Waals surface area (Å²) in [6.45, 7) is 0. The van der Waals surface area contributed by atoms with Crippen molar-refractivity contribution in [3.05, 3.63) is 0 Å². The molecule has 0 aromatic carbocycles. The highest BCUT2D eigenvalue weighted by Crippen LogP contribution is 2.59. The number of nitrogens with zero attached hydrogens (tertiary/aromatic N) is 1. The van der Waals surface area contributed by atoms with Crippen LogP contribution in [-0.4, -0.2) is 47.6 Å². The maximum absolute atomic E-state index is 12.9. The summed E-state index contributed by atoms with van der Waals surface area (Å²) in [4.78, 5) is -3.62. The topological polar surface area (TPSA) is 66.8 Å². The lowest BCUT2D eigenvalue weighted by molar-refractivity contribution is -0.579. The van der Waals surface area contributed by atoms with Gasteiger partial charge in [-0.1, -0.05) is 4.90 Å². The van der Waals surface area contributed by atoms with Crippen LogP contribution in [0.2, 0.25) is 0 Å². The van der Waals surface area contributed by atoms with Crippen LogP contribution < -0.4 is 0 Å². The van der Waals surface area contributed by atoms with Crippen molar-refractivity contribution in [2.45, 2.75) is 29.7 Å². The van der Waals surface area contributed by atoms with Crippen LogP contribution >= 0.6 is 0 Å². The second-order valence-electron chi connectivity index (χ2n) is 3.51. The zero-order valence-corrected chi connectivity index (χ0v) is 9.62. The van der Waals surface area contributed by atoms with E-state index in [1.807, 2.05) is 4.74 Å². The average Bonchev–Trinajstić information content (AvgIpc) is 2.09. The summed E-state index contributed by atoms with van der Waals surface area (Å²) >= 11 is 0. The molecule has 0 aliphatic carbocycles. The largest absolute Gasteiger partial charge is 0.441 e. The number of alkyl halides is 10. The quantitative estimate of drug-likeness (QED) is 0.464. The fourth-order valence-electron chi connectivity index (χ4n) is 1.16. The van der Waals surface area contributed by atoms with E-state index >= 15 is 0 Å². The molecule has 0 amide bonds. The van der Waals surface area contributed by atoms with Crippen LogP contribution in [0.4, 0.5) is 43.9 Å². The molecule has 21 heavy (non-hydrogen) atoms. The van der Waals surface area contributed by atoms with Crippen LogP contribution in [-0.2, 0) is 14.9 Å². The van der Waals surface area contributed by atoms with Gasteiger partial charge in [-0.3, -0.25) is 4.55 Å². The summed E-state index contributed by atoms with van der Waals surface area (Å²) in [5, 5.41) is -6.89. The lowest BCUT2D eigenvalue weighted by atomic mass is 10.3. The van der Waals surface area contributed by atoms with E-state index in [0.29, 0.717) is 0 Å². The molecule has 5 nitrogen and oxygen atoms in total. The first-order chi connectivity index (χ1) is 8.82. The van der Waals surface area contributed by atoms with Gasteiger partial charge in [-0.25, -0.2) is 4.74 Å². The molecule has 0 aromatic heterocycles. The van der Waals surface area contributed by atoms with Gasteiger partial charge >= 0.3 is 39.8 Å². The van der Waals surface area contributed by atoms with Crippen molar-refractivity contribution in [1.82, 2.24) is 4.90 Å². The Kier molecular flexibility index (Phi) is 3.56. The number of morpholine rings is 1. The highest BCUT2D eigenvalue weighted by molar-refractivity contribution is 7.86. The first-order valence-electron chi connectivity index (χ1n) is 4.19. The fourth-order valence-corrected chi connectivity index (χ4v) is 1.62. The average molecular weight is 361 g/mol. The van der Waals surface area contributed by atoms with Crippen molar-refractivity contribution >= 4 is 10.1 Å². The van der Waals surface area contributed by atoms with Gasteiger partial charge in [0, 0.05) is 0 Å². The summed E-state index contributed by atoms with van der Waals surface area (Å²) < 4.78 is 158. The van der Waals surface area contributed by atoms with Crippen LogP contribution in [0.1, 0.15) is 0 Å². The highest BCUT2D eigenvalue weighted by atomic mass is 32.2. The maximum atomic E-state index is 12.9. The van der Waals surface area contributed by atoms with Crippen LogP contribution in [0.5, 0.6) is 0 Å². The first kappa shape index (κ1) is 18.2. The van der Waals surface area contributed by atoms with E-state index in [1.165, 1.54) is 0 Å². The number of hydrogen-bond acceptors (Lipinski definition) is 4. The molecular formula is C5HF10NO4S. The molecule has 1 fully saturated rings. The minimum Gasteiger partial charge on any atom is -0.280 e. The molecule has 0 atom stereocenters. The molecule has 0 radical (unpaired) electrons. The zero-order valence-electron chi connectivity index (χ0n) is 8.81. The SMILES string of the molecule is O=S(=O)(O)C(F)(F)N1C(F)(F)C(F)(F)OC(F)(F)C1(F)F. The predicted octanol–water partition coefficient (Wildman–Crippen LogP) is 2.13. The summed E-state index contributed by atoms with van der Waals surface area (Å²) in [6.07, 6.45) is -13.3. The van der Waals surface area contributed by atoms with Crippen molar-refractivity contribution in [1.29, 1.82) is 0 Å². The molecule has 1 saturated heterocycles. The van der Waals surface area contributed by atoms with Gasteiger partial charge in [0.1, 0.15) is 0 Å². The monoisotopic (exact) mass is 361 g/mol. The second kappa shape index (κ2) is 4.11. The van der Waals surface area contributed by atoms with Crippen molar-refractivity contribution in [3.63, 3.8) is 0 Å². The maximum Gasteiger partial charge on any atom is 0.441 e. The van der Waals surface area contributed by atoms with E-state index in [2.05, 4.69) is 0 Å². The van der Waals surface area contributed by atoms with Gasteiger partial charge in [0.05, 0.1) is 0 Å². The van der Waals surface area contributed by atoms with Crippen LogP contribution in [0.3, 0.4) is 0 Å².